The highest BCUT2D eigenvalue weighted by Crippen LogP contribution is 2.36. The number of methoxy groups -OCH3 is 1. The molecule has 0 unspecified atom stereocenters. The van der Waals surface area contributed by atoms with Crippen molar-refractivity contribution >= 4 is 23.0 Å². The molecule has 0 saturated carbocycles. The van der Waals surface area contributed by atoms with Crippen molar-refractivity contribution < 1.29 is 9.53 Å². The molecular weight excluding hydrogens is 288 g/mol. The Morgan fingerprint density at radius 3 is 2.43 bits per heavy atom. The van der Waals surface area contributed by atoms with Crippen LogP contribution in [0, 0.1) is 6.92 Å². The van der Waals surface area contributed by atoms with E-state index in [1.54, 1.807) is 0 Å². The lowest BCUT2D eigenvalue weighted by molar-refractivity contribution is 0.0600. The molecule has 2 aromatic carbocycles. The number of anilines is 3. The van der Waals surface area contributed by atoms with Crippen molar-refractivity contribution in [1.29, 1.82) is 0 Å². The van der Waals surface area contributed by atoms with E-state index in [0.29, 0.717) is 5.56 Å². The predicted octanol–water partition coefficient (Wildman–Crippen LogP) is 4.13. The number of ether oxygens (including phenoxy) is 1. The zero-order valence-corrected chi connectivity index (χ0v) is 13.6. The number of nitrogens with zero attached hydrogens (tertiary/aromatic N) is 1. The first-order valence-corrected chi connectivity index (χ1v) is 7.99. The third-order valence-electron chi connectivity index (χ3n) is 4.34. The SMILES string of the molecule is COC(=O)c1ccc(N2CCCC2)c(Nc2ccccc2)c1C. The first kappa shape index (κ1) is 15.4. The second-order valence-electron chi connectivity index (χ2n) is 5.81. The highest BCUT2D eigenvalue weighted by atomic mass is 16.5. The number of hydrogen-bond acceptors (Lipinski definition) is 4. The Kier molecular flexibility index (Phi) is 4.51. The van der Waals surface area contributed by atoms with Crippen LogP contribution < -0.4 is 10.2 Å². The third kappa shape index (κ3) is 3.16. The van der Waals surface area contributed by atoms with Crippen molar-refractivity contribution in [3.8, 4) is 0 Å². The van der Waals surface area contributed by atoms with Gasteiger partial charge < -0.3 is 15.0 Å². The van der Waals surface area contributed by atoms with Gasteiger partial charge >= 0.3 is 5.97 Å². The summed E-state index contributed by atoms with van der Waals surface area (Å²) in [6.45, 7) is 4.08. The average Bonchev–Trinajstić information content (AvgIpc) is 3.11. The van der Waals surface area contributed by atoms with Crippen molar-refractivity contribution in [2.24, 2.45) is 0 Å². The van der Waals surface area contributed by atoms with E-state index >= 15 is 0 Å². The summed E-state index contributed by atoms with van der Waals surface area (Å²) in [6, 6.07) is 13.9. The molecule has 0 aromatic heterocycles. The molecule has 120 valence electrons. The number of nitrogens with one attached hydrogen (secondary N) is 1. The van der Waals surface area contributed by atoms with Crippen LogP contribution in [-0.4, -0.2) is 26.2 Å². The van der Waals surface area contributed by atoms with Crippen LogP contribution in [0.4, 0.5) is 17.1 Å². The van der Waals surface area contributed by atoms with Crippen LogP contribution >= 0.6 is 0 Å². The molecule has 0 bridgehead atoms. The molecular formula is C19H22N2O2. The van der Waals surface area contributed by atoms with Crippen molar-refractivity contribution in [3.05, 3.63) is 53.6 Å². The zero-order valence-electron chi connectivity index (χ0n) is 13.6. The largest absolute Gasteiger partial charge is 0.465 e. The quantitative estimate of drug-likeness (QED) is 0.862. The van der Waals surface area contributed by atoms with E-state index in [1.165, 1.54) is 20.0 Å². The molecule has 3 rings (SSSR count). The standard InChI is InChI=1S/C19H22N2O2/c1-14-16(19(22)23-2)10-11-17(21-12-6-7-13-21)18(14)20-15-8-4-3-5-9-15/h3-5,8-11,20H,6-7,12-13H2,1-2H3. The van der Waals surface area contributed by atoms with Crippen LogP contribution in [-0.2, 0) is 4.74 Å². The maximum atomic E-state index is 12.0. The fraction of sp³-hybridized carbons (Fsp3) is 0.316. The van der Waals surface area contributed by atoms with Gasteiger partial charge in [-0.2, -0.15) is 0 Å². The fourth-order valence-corrected chi connectivity index (χ4v) is 3.07. The highest BCUT2D eigenvalue weighted by Gasteiger charge is 2.21. The van der Waals surface area contributed by atoms with Gasteiger partial charge in [0.2, 0.25) is 0 Å². The van der Waals surface area contributed by atoms with E-state index in [1.807, 2.05) is 49.4 Å². The molecule has 0 aliphatic carbocycles. The Hall–Kier alpha value is -2.49. The maximum Gasteiger partial charge on any atom is 0.338 e. The highest BCUT2D eigenvalue weighted by molar-refractivity contribution is 5.95. The Labute approximate surface area is 137 Å². The van der Waals surface area contributed by atoms with Crippen LogP contribution in [0.25, 0.3) is 0 Å². The van der Waals surface area contributed by atoms with E-state index in [9.17, 15) is 4.79 Å². The second-order valence-corrected chi connectivity index (χ2v) is 5.81. The van der Waals surface area contributed by atoms with E-state index in [4.69, 9.17) is 4.74 Å². The maximum absolute atomic E-state index is 12.0. The lowest BCUT2D eigenvalue weighted by Crippen LogP contribution is -2.20. The third-order valence-corrected chi connectivity index (χ3v) is 4.34. The van der Waals surface area contributed by atoms with Crippen LogP contribution in [0.15, 0.2) is 42.5 Å². The molecule has 1 aliphatic rings. The molecule has 0 atom stereocenters. The van der Waals surface area contributed by atoms with Crippen molar-refractivity contribution in [1.82, 2.24) is 0 Å². The van der Waals surface area contributed by atoms with Crippen LogP contribution in [0.1, 0.15) is 28.8 Å². The first-order chi connectivity index (χ1) is 11.2. The van der Waals surface area contributed by atoms with E-state index in [0.717, 1.165) is 35.7 Å². The molecule has 23 heavy (non-hydrogen) atoms. The minimum atomic E-state index is -0.299. The molecule has 0 amide bonds. The Balaban J connectivity index is 2.05. The van der Waals surface area contributed by atoms with Crippen LogP contribution in [0.2, 0.25) is 0 Å². The summed E-state index contributed by atoms with van der Waals surface area (Å²) in [5.74, 6) is -0.299. The summed E-state index contributed by atoms with van der Waals surface area (Å²) in [6.07, 6.45) is 2.42. The normalized spacial score (nSPS) is 13.9. The molecule has 0 spiro atoms. The summed E-state index contributed by atoms with van der Waals surface area (Å²) >= 11 is 0. The number of esters is 1. The molecule has 0 radical (unpaired) electrons. The van der Waals surface area contributed by atoms with Crippen molar-refractivity contribution in [3.63, 3.8) is 0 Å². The second kappa shape index (κ2) is 6.73. The lowest BCUT2D eigenvalue weighted by atomic mass is 10.0. The predicted molar refractivity (Wildman–Crippen MR) is 93.7 cm³/mol. The molecule has 1 fully saturated rings. The summed E-state index contributed by atoms with van der Waals surface area (Å²) in [5, 5.41) is 3.49. The van der Waals surface area contributed by atoms with Crippen molar-refractivity contribution in [2.45, 2.75) is 19.8 Å². The number of hydrogen-bond donors (Lipinski definition) is 1. The van der Waals surface area contributed by atoms with Gasteiger partial charge in [-0.15, -0.1) is 0 Å². The van der Waals surface area contributed by atoms with Gasteiger partial charge in [-0.1, -0.05) is 18.2 Å². The molecule has 4 nitrogen and oxygen atoms in total. The topological polar surface area (TPSA) is 41.6 Å². The van der Waals surface area contributed by atoms with Gasteiger partial charge in [0.25, 0.3) is 0 Å². The molecule has 1 N–H and O–H groups in total. The molecule has 1 aliphatic heterocycles. The summed E-state index contributed by atoms with van der Waals surface area (Å²) in [4.78, 5) is 14.4. The van der Waals surface area contributed by atoms with Gasteiger partial charge in [-0.25, -0.2) is 4.79 Å². The summed E-state index contributed by atoms with van der Waals surface area (Å²) < 4.78 is 4.91. The average molecular weight is 310 g/mol. The van der Waals surface area contributed by atoms with E-state index in [2.05, 4.69) is 10.2 Å². The van der Waals surface area contributed by atoms with Crippen LogP contribution in [0.3, 0.4) is 0 Å². The Bertz CT molecular complexity index is 692. The van der Waals surface area contributed by atoms with Gasteiger partial charge in [0.1, 0.15) is 0 Å². The minimum Gasteiger partial charge on any atom is -0.465 e. The minimum absolute atomic E-state index is 0.299. The smallest absolute Gasteiger partial charge is 0.338 e. The van der Waals surface area contributed by atoms with Gasteiger partial charge in [0, 0.05) is 18.8 Å². The number of carbonyl (C=O) groups is 1. The zero-order chi connectivity index (χ0) is 16.2. The monoisotopic (exact) mass is 310 g/mol. The van der Waals surface area contributed by atoms with Crippen LogP contribution in [0.5, 0.6) is 0 Å². The number of para-hydroxylation sites is 1. The van der Waals surface area contributed by atoms with E-state index in [-0.39, 0.29) is 5.97 Å². The number of rotatable bonds is 4. The summed E-state index contributed by atoms with van der Waals surface area (Å²) in [5.41, 5.74) is 4.68. The Morgan fingerprint density at radius 1 is 1.09 bits per heavy atom. The Morgan fingerprint density at radius 2 is 1.78 bits per heavy atom. The fourth-order valence-electron chi connectivity index (χ4n) is 3.07. The van der Waals surface area contributed by atoms with Gasteiger partial charge in [0.05, 0.1) is 24.0 Å². The number of benzene rings is 2. The van der Waals surface area contributed by atoms with Gasteiger partial charge in [-0.3, -0.25) is 0 Å². The molecule has 1 saturated heterocycles. The van der Waals surface area contributed by atoms with Gasteiger partial charge in [0.15, 0.2) is 0 Å². The molecule has 2 aromatic rings. The van der Waals surface area contributed by atoms with E-state index < -0.39 is 0 Å². The molecule has 1 heterocycles. The number of carbonyl (C=O) groups excluding carboxylic acids is 1. The van der Waals surface area contributed by atoms with Gasteiger partial charge in [-0.05, 0) is 49.6 Å². The van der Waals surface area contributed by atoms with Crippen molar-refractivity contribution in [2.75, 3.05) is 30.4 Å². The first-order valence-electron chi connectivity index (χ1n) is 7.99. The molecule has 4 heteroatoms. The summed E-state index contributed by atoms with van der Waals surface area (Å²) in [7, 11) is 1.42. The lowest BCUT2D eigenvalue weighted by Gasteiger charge is -2.24.